The summed E-state index contributed by atoms with van der Waals surface area (Å²) >= 11 is 0. The van der Waals surface area contributed by atoms with Crippen molar-refractivity contribution in [2.75, 3.05) is 7.11 Å². The molecule has 0 aliphatic rings. The van der Waals surface area contributed by atoms with E-state index >= 15 is 0 Å². The molecular formula is C11H19NO3. The summed E-state index contributed by atoms with van der Waals surface area (Å²) in [6, 6.07) is -0.623. The molecular weight excluding hydrogens is 194 g/mol. The summed E-state index contributed by atoms with van der Waals surface area (Å²) in [5.74, 6) is -0.749. The number of rotatable bonds is 5. The molecule has 0 rings (SSSR count). The van der Waals surface area contributed by atoms with Crippen LogP contribution in [0.25, 0.3) is 0 Å². The highest BCUT2D eigenvalue weighted by atomic mass is 16.5. The summed E-state index contributed by atoms with van der Waals surface area (Å²) in [4.78, 5) is 22.7. The van der Waals surface area contributed by atoms with Crippen molar-refractivity contribution < 1.29 is 14.3 Å². The molecule has 86 valence electrons. The molecule has 0 unspecified atom stereocenters. The summed E-state index contributed by atoms with van der Waals surface area (Å²) < 4.78 is 4.60. The monoisotopic (exact) mass is 213 g/mol. The molecule has 0 aliphatic heterocycles. The van der Waals surface area contributed by atoms with Crippen LogP contribution in [-0.2, 0) is 14.3 Å². The average Bonchev–Trinajstić information content (AvgIpc) is 2.14. The topological polar surface area (TPSA) is 55.4 Å². The van der Waals surface area contributed by atoms with Gasteiger partial charge < -0.3 is 10.1 Å². The lowest BCUT2D eigenvalue weighted by molar-refractivity contribution is -0.145. The molecule has 1 N–H and O–H groups in total. The van der Waals surface area contributed by atoms with Crippen molar-refractivity contribution in [2.45, 2.75) is 33.2 Å². The summed E-state index contributed by atoms with van der Waals surface area (Å²) in [6.07, 6.45) is 0.408. The molecule has 15 heavy (non-hydrogen) atoms. The lowest BCUT2D eigenvalue weighted by Crippen LogP contribution is -2.43. The molecule has 0 aromatic carbocycles. The van der Waals surface area contributed by atoms with Gasteiger partial charge in [0.2, 0.25) is 5.91 Å². The molecule has 4 nitrogen and oxygen atoms in total. The Labute approximate surface area is 90.7 Å². The SMILES string of the molecule is C=C(C)C[C@H](NC(=O)C(C)C)C(=O)OC. The minimum absolute atomic E-state index is 0.151. The van der Waals surface area contributed by atoms with Gasteiger partial charge in [0.05, 0.1) is 7.11 Å². The second kappa shape index (κ2) is 6.22. The Balaban J connectivity index is 4.44. The van der Waals surface area contributed by atoms with Gasteiger partial charge in [0.1, 0.15) is 6.04 Å². The van der Waals surface area contributed by atoms with Gasteiger partial charge in [0, 0.05) is 5.92 Å². The Hall–Kier alpha value is -1.32. The van der Waals surface area contributed by atoms with Crippen LogP contribution in [0.2, 0.25) is 0 Å². The second-order valence-electron chi connectivity index (χ2n) is 3.90. The highest BCUT2D eigenvalue weighted by Crippen LogP contribution is 2.05. The number of methoxy groups -OCH3 is 1. The van der Waals surface area contributed by atoms with E-state index in [2.05, 4.69) is 16.6 Å². The van der Waals surface area contributed by atoms with Crippen LogP contribution >= 0.6 is 0 Å². The van der Waals surface area contributed by atoms with E-state index in [1.165, 1.54) is 7.11 Å². The fraction of sp³-hybridized carbons (Fsp3) is 0.636. The largest absolute Gasteiger partial charge is 0.467 e. The van der Waals surface area contributed by atoms with Gasteiger partial charge in [-0.2, -0.15) is 0 Å². The van der Waals surface area contributed by atoms with Crippen LogP contribution in [0, 0.1) is 5.92 Å². The molecule has 0 spiro atoms. The first-order valence-electron chi connectivity index (χ1n) is 4.91. The van der Waals surface area contributed by atoms with E-state index in [-0.39, 0.29) is 11.8 Å². The highest BCUT2D eigenvalue weighted by Gasteiger charge is 2.22. The van der Waals surface area contributed by atoms with Crippen molar-refractivity contribution >= 4 is 11.9 Å². The first-order chi connectivity index (χ1) is 6.88. The van der Waals surface area contributed by atoms with E-state index in [0.717, 1.165) is 5.57 Å². The van der Waals surface area contributed by atoms with Gasteiger partial charge >= 0.3 is 5.97 Å². The third kappa shape index (κ3) is 5.20. The van der Waals surface area contributed by atoms with E-state index in [1.807, 2.05) is 0 Å². The van der Waals surface area contributed by atoms with Gasteiger partial charge in [0.15, 0.2) is 0 Å². The minimum atomic E-state index is -0.623. The number of carbonyl (C=O) groups excluding carboxylic acids is 2. The van der Waals surface area contributed by atoms with Crippen LogP contribution in [-0.4, -0.2) is 25.0 Å². The predicted octanol–water partition coefficient (Wildman–Crippen LogP) is 1.27. The van der Waals surface area contributed by atoms with Crippen LogP contribution in [0.5, 0.6) is 0 Å². The average molecular weight is 213 g/mol. The Morgan fingerprint density at radius 1 is 1.40 bits per heavy atom. The maximum Gasteiger partial charge on any atom is 0.328 e. The van der Waals surface area contributed by atoms with E-state index in [9.17, 15) is 9.59 Å². The normalized spacial score (nSPS) is 12.1. The van der Waals surface area contributed by atoms with Crippen LogP contribution in [0.15, 0.2) is 12.2 Å². The number of ether oxygens (including phenoxy) is 1. The number of esters is 1. The molecule has 0 aromatic rings. The summed E-state index contributed by atoms with van der Waals surface area (Å²) in [5, 5.41) is 2.62. The molecule has 1 atom stereocenters. The summed E-state index contributed by atoms with van der Waals surface area (Å²) in [6.45, 7) is 9.04. The molecule has 0 aromatic heterocycles. The Kier molecular flexibility index (Phi) is 5.67. The minimum Gasteiger partial charge on any atom is -0.467 e. The number of hydrogen-bond acceptors (Lipinski definition) is 3. The first-order valence-corrected chi connectivity index (χ1v) is 4.91. The fourth-order valence-corrected chi connectivity index (χ4v) is 1.02. The van der Waals surface area contributed by atoms with Gasteiger partial charge in [0.25, 0.3) is 0 Å². The van der Waals surface area contributed by atoms with Crippen molar-refractivity contribution in [1.29, 1.82) is 0 Å². The lowest BCUT2D eigenvalue weighted by Gasteiger charge is -2.17. The maximum atomic E-state index is 11.4. The Morgan fingerprint density at radius 3 is 2.27 bits per heavy atom. The first kappa shape index (κ1) is 13.7. The quantitative estimate of drug-likeness (QED) is 0.552. The maximum absolute atomic E-state index is 11.4. The molecule has 1 amide bonds. The Bertz CT molecular complexity index is 259. The standard InChI is InChI=1S/C11H19NO3/c1-7(2)6-9(11(14)15-5)12-10(13)8(3)4/h8-9H,1,6H2,2-5H3,(H,12,13)/t9-/m0/s1. The number of hydrogen-bond donors (Lipinski definition) is 1. The van der Waals surface area contributed by atoms with Crippen molar-refractivity contribution in [2.24, 2.45) is 5.92 Å². The van der Waals surface area contributed by atoms with E-state index in [1.54, 1.807) is 20.8 Å². The predicted molar refractivity (Wildman–Crippen MR) is 58.2 cm³/mol. The highest BCUT2D eigenvalue weighted by molar-refractivity contribution is 5.85. The molecule has 0 heterocycles. The van der Waals surface area contributed by atoms with Gasteiger partial charge in [-0.25, -0.2) is 4.79 Å². The summed E-state index contributed by atoms with van der Waals surface area (Å²) in [7, 11) is 1.30. The van der Waals surface area contributed by atoms with E-state index < -0.39 is 12.0 Å². The molecule has 0 bridgehead atoms. The number of carbonyl (C=O) groups is 2. The zero-order valence-electron chi connectivity index (χ0n) is 9.79. The summed E-state index contributed by atoms with van der Waals surface area (Å²) in [5.41, 5.74) is 0.828. The number of nitrogens with one attached hydrogen (secondary N) is 1. The van der Waals surface area contributed by atoms with Crippen molar-refractivity contribution in [3.8, 4) is 0 Å². The van der Waals surface area contributed by atoms with Crippen LogP contribution < -0.4 is 5.32 Å². The molecule has 4 heteroatoms. The molecule has 0 saturated heterocycles. The van der Waals surface area contributed by atoms with Gasteiger partial charge in [-0.1, -0.05) is 19.4 Å². The van der Waals surface area contributed by atoms with Crippen molar-refractivity contribution in [1.82, 2.24) is 5.32 Å². The van der Waals surface area contributed by atoms with E-state index in [4.69, 9.17) is 0 Å². The van der Waals surface area contributed by atoms with Gasteiger partial charge in [-0.3, -0.25) is 4.79 Å². The van der Waals surface area contributed by atoms with Gasteiger partial charge in [-0.15, -0.1) is 6.58 Å². The molecule has 0 radical (unpaired) electrons. The van der Waals surface area contributed by atoms with E-state index in [0.29, 0.717) is 6.42 Å². The zero-order chi connectivity index (χ0) is 12.0. The van der Waals surface area contributed by atoms with Crippen molar-refractivity contribution in [3.63, 3.8) is 0 Å². The molecule has 0 aliphatic carbocycles. The lowest BCUT2D eigenvalue weighted by atomic mass is 10.1. The van der Waals surface area contributed by atoms with Crippen LogP contribution in [0.4, 0.5) is 0 Å². The number of amides is 1. The molecule has 0 fully saturated rings. The van der Waals surface area contributed by atoms with Crippen LogP contribution in [0.3, 0.4) is 0 Å². The third-order valence-corrected chi connectivity index (χ3v) is 1.88. The fourth-order valence-electron chi connectivity index (χ4n) is 1.02. The smallest absolute Gasteiger partial charge is 0.328 e. The van der Waals surface area contributed by atoms with Gasteiger partial charge in [-0.05, 0) is 13.3 Å². The zero-order valence-corrected chi connectivity index (χ0v) is 9.79. The second-order valence-corrected chi connectivity index (χ2v) is 3.90. The third-order valence-electron chi connectivity index (χ3n) is 1.88. The molecule has 0 saturated carbocycles. The Morgan fingerprint density at radius 2 is 1.93 bits per heavy atom. The van der Waals surface area contributed by atoms with Crippen molar-refractivity contribution in [3.05, 3.63) is 12.2 Å². The van der Waals surface area contributed by atoms with Crippen LogP contribution in [0.1, 0.15) is 27.2 Å².